The summed E-state index contributed by atoms with van der Waals surface area (Å²) in [6.45, 7) is 6.19. The van der Waals surface area contributed by atoms with Gasteiger partial charge in [0.1, 0.15) is 5.78 Å². The molecule has 3 saturated carbocycles. The lowest BCUT2D eigenvalue weighted by atomic mass is 9.46. The molecule has 0 aromatic carbocycles. The number of allylic oxidation sites excluding steroid dienone is 1. The van der Waals surface area contributed by atoms with Crippen molar-refractivity contribution in [3.05, 3.63) is 12.2 Å². The van der Waals surface area contributed by atoms with Gasteiger partial charge in [0, 0.05) is 18.3 Å². The molecule has 0 aromatic heterocycles. The first-order chi connectivity index (χ1) is 11.5. The molecule has 24 heavy (non-hydrogen) atoms. The topological polar surface area (TPSA) is 35.5 Å². The van der Waals surface area contributed by atoms with Crippen molar-refractivity contribution in [2.75, 3.05) is 13.2 Å². The summed E-state index contributed by atoms with van der Waals surface area (Å²) >= 11 is 0. The van der Waals surface area contributed by atoms with Gasteiger partial charge in [0.2, 0.25) is 0 Å². The lowest BCUT2D eigenvalue weighted by Gasteiger charge is -2.59. The van der Waals surface area contributed by atoms with Gasteiger partial charge in [-0.25, -0.2) is 0 Å². The number of carbonyl (C=O) groups excluding carboxylic acids is 1. The molecule has 1 saturated heterocycles. The minimum Gasteiger partial charge on any atom is -0.344 e. The van der Waals surface area contributed by atoms with E-state index in [2.05, 4.69) is 26.0 Å². The van der Waals surface area contributed by atoms with E-state index in [1.807, 2.05) is 0 Å². The van der Waals surface area contributed by atoms with Gasteiger partial charge in [-0.1, -0.05) is 19.9 Å². The van der Waals surface area contributed by atoms with Crippen LogP contribution >= 0.6 is 0 Å². The lowest BCUT2D eigenvalue weighted by molar-refractivity contribution is -0.165. The standard InChI is InChI=1S/C21H30O3/c1-19-9-10-21(23-11-12-24-21)13-14(19)3-4-15-16-5-6-18(22)20(16,2)8-7-17(15)19/h9-10,14-17H,3-8,11-13H2,1-2H3/t14?,15-,16-,17-,19-,20-/m0/s1. The summed E-state index contributed by atoms with van der Waals surface area (Å²) in [5.74, 6) is 2.87. The largest absolute Gasteiger partial charge is 0.344 e. The van der Waals surface area contributed by atoms with Crippen LogP contribution < -0.4 is 0 Å². The van der Waals surface area contributed by atoms with Crippen LogP contribution in [0, 0.1) is 34.5 Å². The number of ketones is 1. The molecule has 1 heterocycles. The number of ether oxygens (including phenoxy) is 2. The normalized spacial score (nSPS) is 52.2. The first-order valence-electron chi connectivity index (χ1n) is 9.99. The molecule has 0 radical (unpaired) electrons. The molecule has 4 fully saturated rings. The van der Waals surface area contributed by atoms with Gasteiger partial charge in [-0.15, -0.1) is 0 Å². The highest BCUT2D eigenvalue weighted by molar-refractivity contribution is 5.87. The maximum atomic E-state index is 12.5. The van der Waals surface area contributed by atoms with Crippen LogP contribution in [0.3, 0.4) is 0 Å². The second kappa shape index (κ2) is 4.94. The van der Waals surface area contributed by atoms with Gasteiger partial charge in [0.25, 0.3) is 0 Å². The van der Waals surface area contributed by atoms with E-state index in [1.54, 1.807) is 0 Å². The predicted molar refractivity (Wildman–Crippen MR) is 91.3 cm³/mol. The number of fused-ring (bicyclic) bond motifs is 5. The second-order valence-electron chi connectivity index (χ2n) is 9.48. The van der Waals surface area contributed by atoms with E-state index in [0.29, 0.717) is 17.6 Å². The van der Waals surface area contributed by atoms with E-state index in [1.165, 1.54) is 19.3 Å². The van der Waals surface area contributed by atoms with Crippen molar-refractivity contribution in [2.45, 2.75) is 64.6 Å². The lowest BCUT2D eigenvalue weighted by Crippen LogP contribution is -2.54. The SMILES string of the molecule is C[C@]12C=CC3(CC1CC[C@@H]1[C@@H]2CC[C@]2(C)C(=O)CC[C@@H]12)OCCO3. The van der Waals surface area contributed by atoms with Crippen molar-refractivity contribution in [3.8, 4) is 0 Å². The van der Waals surface area contributed by atoms with Gasteiger partial charge < -0.3 is 9.47 Å². The molecule has 5 rings (SSSR count). The summed E-state index contributed by atoms with van der Waals surface area (Å²) in [7, 11) is 0. The summed E-state index contributed by atoms with van der Waals surface area (Å²) < 4.78 is 11.9. The van der Waals surface area contributed by atoms with Crippen LogP contribution in [-0.4, -0.2) is 24.8 Å². The Bertz CT molecular complexity index is 590. The molecule has 3 heteroatoms. The van der Waals surface area contributed by atoms with Crippen molar-refractivity contribution < 1.29 is 14.3 Å². The molecule has 6 atom stereocenters. The average Bonchev–Trinajstić information content (AvgIpc) is 3.14. The smallest absolute Gasteiger partial charge is 0.188 e. The van der Waals surface area contributed by atoms with Gasteiger partial charge in [-0.3, -0.25) is 4.79 Å². The van der Waals surface area contributed by atoms with E-state index in [4.69, 9.17) is 9.47 Å². The fourth-order valence-corrected chi connectivity index (χ4v) is 7.23. The molecule has 0 N–H and O–H groups in total. The first kappa shape index (κ1) is 15.6. The van der Waals surface area contributed by atoms with Gasteiger partial charge in [-0.05, 0) is 67.3 Å². The number of hydrogen-bond donors (Lipinski definition) is 0. The number of hydrogen-bond acceptors (Lipinski definition) is 3. The average molecular weight is 330 g/mol. The van der Waals surface area contributed by atoms with Crippen LogP contribution in [0.5, 0.6) is 0 Å². The minimum absolute atomic E-state index is 0.0123. The maximum Gasteiger partial charge on any atom is 0.188 e. The molecule has 4 aliphatic carbocycles. The second-order valence-corrected chi connectivity index (χ2v) is 9.48. The Morgan fingerprint density at radius 1 is 1.00 bits per heavy atom. The maximum absolute atomic E-state index is 12.5. The molecule has 3 nitrogen and oxygen atoms in total. The highest BCUT2D eigenvalue weighted by atomic mass is 16.7. The van der Waals surface area contributed by atoms with Crippen molar-refractivity contribution in [3.63, 3.8) is 0 Å². The molecule has 1 aliphatic heterocycles. The van der Waals surface area contributed by atoms with Crippen LogP contribution in [-0.2, 0) is 14.3 Å². The van der Waals surface area contributed by atoms with E-state index in [-0.39, 0.29) is 10.8 Å². The predicted octanol–water partition coefficient (Wildman–Crippen LogP) is 4.12. The van der Waals surface area contributed by atoms with Gasteiger partial charge in [-0.2, -0.15) is 0 Å². The zero-order valence-electron chi connectivity index (χ0n) is 15.1. The molecule has 1 spiro atoms. The number of Topliss-reactive ketones (excluding diaryl/α,β-unsaturated/α-hetero) is 1. The van der Waals surface area contributed by atoms with Crippen LogP contribution in [0.1, 0.15) is 58.8 Å². The van der Waals surface area contributed by atoms with Crippen molar-refractivity contribution in [2.24, 2.45) is 34.5 Å². The summed E-state index contributed by atoms with van der Waals surface area (Å²) in [4.78, 5) is 12.5. The summed E-state index contributed by atoms with van der Waals surface area (Å²) in [5.41, 5.74) is 0.248. The molecule has 0 bridgehead atoms. The molecule has 132 valence electrons. The summed E-state index contributed by atoms with van der Waals surface area (Å²) in [6.07, 6.45) is 12.5. The molecule has 5 aliphatic rings. The zero-order valence-corrected chi connectivity index (χ0v) is 15.1. The number of carbonyl (C=O) groups is 1. The fraction of sp³-hybridized carbons (Fsp3) is 0.857. The van der Waals surface area contributed by atoms with Gasteiger partial charge >= 0.3 is 0 Å². The van der Waals surface area contributed by atoms with Crippen LogP contribution in [0.4, 0.5) is 0 Å². The Morgan fingerprint density at radius 2 is 1.79 bits per heavy atom. The Labute approximate surface area is 145 Å². The zero-order chi connectivity index (χ0) is 16.6. The van der Waals surface area contributed by atoms with Crippen LogP contribution in [0.15, 0.2) is 12.2 Å². The Morgan fingerprint density at radius 3 is 2.58 bits per heavy atom. The molecular weight excluding hydrogens is 300 g/mol. The quantitative estimate of drug-likeness (QED) is 0.627. The van der Waals surface area contributed by atoms with Crippen LogP contribution in [0.25, 0.3) is 0 Å². The van der Waals surface area contributed by atoms with Crippen LogP contribution in [0.2, 0.25) is 0 Å². The van der Waals surface area contributed by atoms with E-state index in [9.17, 15) is 4.79 Å². The van der Waals surface area contributed by atoms with E-state index >= 15 is 0 Å². The molecule has 0 amide bonds. The summed E-state index contributed by atoms with van der Waals surface area (Å²) in [5, 5.41) is 0. The summed E-state index contributed by atoms with van der Waals surface area (Å²) in [6, 6.07) is 0. The third-order valence-corrected chi connectivity index (χ3v) is 8.68. The minimum atomic E-state index is -0.427. The number of rotatable bonds is 0. The Kier molecular flexibility index (Phi) is 3.21. The van der Waals surface area contributed by atoms with E-state index < -0.39 is 5.79 Å². The van der Waals surface area contributed by atoms with Gasteiger partial charge in [0.05, 0.1) is 13.2 Å². The third kappa shape index (κ3) is 1.89. The Balaban J connectivity index is 1.47. The molecule has 0 aromatic rings. The van der Waals surface area contributed by atoms with Crippen molar-refractivity contribution in [1.29, 1.82) is 0 Å². The van der Waals surface area contributed by atoms with Gasteiger partial charge in [0.15, 0.2) is 5.79 Å². The Hall–Kier alpha value is -0.670. The van der Waals surface area contributed by atoms with E-state index in [0.717, 1.165) is 50.7 Å². The van der Waals surface area contributed by atoms with Crippen molar-refractivity contribution >= 4 is 5.78 Å². The fourth-order valence-electron chi connectivity index (χ4n) is 7.23. The molecule has 1 unspecified atom stereocenters. The highest BCUT2D eigenvalue weighted by Gasteiger charge is 2.60. The first-order valence-corrected chi connectivity index (χ1v) is 9.99. The molecular formula is C21H30O3. The third-order valence-electron chi connectivity index (χ3n) is 8.68. The van der Waals surface area contributed by atoms with Crippen molar-refractivity contribution in [1.82, 2.24) is 0 Å². The monoisotopic (exact) mass is 330 g/mol. The highest BCUT2D eigenvalue weighted by Crippen LogP contribution is 2.65.